The van der Waals surface area contributed by atoms with Gasteiger partial charge < -0.3 is 10.1 Å². The van der Waals surface area contributed by atoms with Gasteiger partial charge in [-0.25, -0.2) is 0 Å². The number of aromatic hydroxyl groups is 1. The van der Waals surface area contributed by atoms with E-state index in [9.17, 15) is 5.11 Å². The fourth-order valence-corrected chi connectivity index (χ4v) is 3.96. The molecule has 0 saturated carbocycles. The molecule has 0 atom stereocenters. The third-order valence-electron chi connectivity index (χ3n) is 2.23. The summed E-state index contributed by atoms with van der Waals surface area (Å²) in [6.07, 6.45) is 1.86. The lowest BCUT2D eigenvalue weighted by Crippen LogP contribution is -2.18. The molecule has 0 saturated heterocycles. The number of hydrogen-bond acceptors (Lipinski definition) is 5. The summed E-state index contributed by atoms with van der Waals surface area (Å²) in [6, 6.07) is 0. The highest BCUT2D eigenvalue weighted by molar-refractivity contribution is 7.73. The number of aromatic amines is 1. The van der Waals surface area contributed by atoms with E-state index >= 15 is 0 Å². The predicted molar refractivity (Wildman–Crippen MR) is 78.3 cm³/mol. The van der Waals surface area contributed by atoms with E-state index in [0.29, 0.717) is 14.5 Å². The van der Waals surface area contributed by atoms with Gasteiger partial charge >= 0.3 is 0 Å². The van der Waals surface area contributed by atoms with Crippen molar-refractivity contribution < 1.29 is 5.11 Å². The molecule has 7 heteroatoms. The minimum Gasteiger partial charge on any atom is -0.493 e. The van der Waals surface area contributed by atoms with Crippen LogP contribution in [-0.4, -0.2) is 14.7 Å². The number of H-pyrrole nitrogens is 1. The van der Waals surface area contributed by atoms with Crippen LogP contribution in [0.4, 0.5) is 0 Å². The Kier molecular flexibility index (Phi) is 3.62. The molecule has 2 aromatic heterocycles. The monoisotopic (exact) mass is 302 g/mol. The number of thiazole rings is 2. The van der Waals surface area contributed by atoms with Crippen LogP contribution in [0.2, 0.25) is 0 Å². The molecule has 0 aliphatic rings. The van der Waals surface area contributed by atoms with E-state index in [0.717, 1.165) is 14.8 Å². The van der Waals surface area contributed by atoms with E-state index in [1.807, 2.05) is 13.0 Å². The smallest absolute Gasteiger partial charge is 0.210 e. The van der Waals surface area contributed by atoms with Gasteiger partial charge in [0.1, 0.15) is 0 Å². The van der Waals surface area contributed by atoms with Crippen LogP contribution in [0, 0.1) is 7.91 Å². The molecule has 0 fully saturated rings. The zero-order valence-corrected chi connectivity index (χ0v) is 12.3. The minimum absolute atomic E-state index is 0.209. The molecule has 2 heterocycles. The molecule has 2 rings (SSSR count). The van der Waals surface area contributed by atoms with E-state index in [2.05, 4.69) is 11.6 Å². The highest BCUT2D eigenvalue weighted by Gasteiger charge is 2.08. The van der Waals surface area contributed by atoms with Crippen LogP contribution in [0.3, 0.4) is 0 Å². The molecule has 0 aliphatic carbocycles. The van der Waals surface area contributed by atoms with Crippen molar-refractivity contribution in [3.05, 3.63) is 22.7 Å². The second-order valence-electron chi connectivity index (χ2n) is 3.30. The van der Waals surface area contributed by atoms with Gasteiger partial charge in [-0.1, -0.05) is 6.58 Å². The fraction of sp³-hybridized carbons (Fsp3) is 0.200. The molecule has 0 bridgehead atoms. The van der Waals surface area contributed by atoms with E-state index in [1.165, 1.54) is 22.7 Å². The molecule has 2 aromatic rings. The Balaban J connectivity index is 2.69. The van der Waals surface area contributed by atoms with Crippen molar-refractivity contribution in [1.82, 2.24) is 9.55 Å². The molecule has 90 valence electrons. The maximum atomic E-state index is 9.99. The van der Waals surface area contributed by atoms with Crippen molar-refractivity contribution in [3.63, 3.8) is 0 Å². The summed E-state index contributed by atoms with van der Waals surface area (Å²) in [5.41, 5.74) is 0. The van der Waals surface area contributed by atoms with Crippen molar-refractivity contribution in [3.8, 4) is 5.88 Å². The normalized spacial score (nSPS) is 12.2. The number of nitrogens with one attached hydrogen (secondary N) is 1. The van der Waals surface area contributed by atoms with Crippen molar-refractivity contribution >= 4 is 59.8 Å². The molecule has 0 spiro atoms. The Morgan fingerprint density at radius 1 is 1.47 bits per heavy atom. The first-order chi connectivity index (χ1) is 8.02. The molecule has 0 aliphatic heterocycles. The van der Waals surface area contributed by atoms with Crippen LogP contribution in [0.25, 0.3) is 12.7 Å². The second kappa shape index (κ2) is 4.85. The van der Waals surface area contributed by atoms with Gasteiger partial charge in [-0.05, 0) is 37.4 Å². The maximum absolute atomic E-state index is 9.99. The van der Waals surface area contributed by atoms with Gasteiger partial charge in [0.05, 0.1) is 9.41 Å². The molecule has 2 N–H and O–H groups in total. The van der Waals surface area contributed by atoms with Crippen LogP contribution < -0.4 is 9.88 Å². The SMILES string of the molecule is C=c1[nH]c(=S)sc1=Cc1sc(=S)n(CC)c1O. The van der Waals surface area contributed by atoms with Crippen LogP contribution in [-0.2, 0) is 6.54 Å². The zero-order valence-electron chi connectivity index (χ0n) is 9.02. The van der Waals surface area contributed by atoms with Gasteiger partial charge in [0, 0.05) is 11.9 Å². The van der Waals surface area contributed by atoms with Gasteiger partial charge in [0.15, 0.2) is 7.91 Å². The van der Waals surface area contributed by atoms with Gasteiger partial charge in [-0.15, -0.1) is 22.7 Å². The topological polar surface area (TPSA) is 41.0 Å². The lowest BCUT2D eigenvalue weighted by Gasteiger charge is -1.97. The average molecular weight is 302 g/mol. The van der Waals surface area contributed by atoms with Crippen molar-refractivity contribution in [2.45, 2.75) is 13.5 Å². The predicted octanol–water partition coefficient (Wildman–Crippen LogP) is 2.36. The summed E-state index contributed by atoms with van der Waals surface area (Å²) in [7, 11) is 0. The van der Waals surface area contributed by atoms with Crippen molar-refractivity contribution in [2.75, 3.05) is 0 Å². The summed E-state index contributed by atoms with van der Waals surface area (Å²) in [4.78, 5) is 3.71. The lowest BCUT2D eigenvalue weighted by molar-refractivity contribution is 0.419. The molecule has 0 radical (unpaired) electrons. The molecule has 0 aromatic carbocycles. The molecule has 0 amide bonds. The van der Waals surface area contributed by atoms with Crippen LogP contribution in [0.5, 0.6) is 5.88 Å². The maximum Gasteiger partial charge on any atom is 0.210 e. The Bertz CT molecular complexity index is 762. The Labute approximate surface area is 116 Å². The number of hydrogen-bond donors (Lipinski definition) is 2. The Hall–Kier alpha value is -0.760. The molecular weight excluding hydrogens is 292 g/mol. The number of nitrogens with zero attached hydrogens (tertiary/aromatic N) is 1. The highest BCUT2D eigenvalue weighted by Crippen LogP contribution is 2.26. The molecule has 3 nitrogen and oxygen atoms in total. The first-order valence-corrected chi connectivity index (χ1v) is 7.30. The summed E-state index contributed by atoms with van der Waals surface area (Å²) < 4.78 is 3.96. The van der Waals surface area contributed by atoms with Gasteiger partial charge in [-0.3, -0.25) is 4.57 Å². The van der Waals surface area contributed by atoms with E-state index in [1.54, 1.807) is 4.57 Å². The quantitative estimate of drug-likeness (QED) is 0.837. The van der Waals surface area contributed by atoms with Crippen LogP contribution in [0.15, 0.2) is 0 Å². The first-order valence-electron chi connectivity index (χ1n) is 4.85. The lowest BCUT2D eigenvalue weighted by atomic mass is 10.4. The first kappa shape index (κ1) is 12.7. The highest BCUT2D eigenvalue weighted by atomic mass is 32.2. The van der Waals surface area contributed by atoms with Gasteiger partial charge in [-0.2, -0.15) is 0 Å². The second-order valence-corrected chi connectivity index (χ2v) is 6.70. The largest absolute Gasteiger partial charge is 0.493 e. The van der Waals surface area contributed by atoms with E-state index in [-0.39, 0.29) is 5.88 Å². The number of aromatic nitrogens is 2. The van der Waals surface area contributed by atoms with Crippen molar-refractivity contribution in [2.24, 2.45) is 0 Å². The number of rotatable bonds is 2. The average Bonchev–Trinajstić information content (AvgIpc) is 2.69. The Morgan fingerprint density at radius 3 is 2.65 bits per heavy atom. The van der Waals surface area contributed by atoms with Crippen LogP contribution >= 0.6 is 47.1 Å². The molecule has 17 heavy (non-hydrogen) atoms. The summed E-state index contributed by atoms with van der Waals surface area (Å²) in [5, 5.41) is 10.8. The van der Waals surface area contributed by atoms with Crippen molar-refractivity contribution in [1.29, 1.82) is 0 Å². The summed E-state index contributed by atoms with van der Waals surface area (Å²) >= 11 is 13.0. The Morgan fingerprint density at radius 2 is 2.18 bits per heavy atom. The molecule has 0 unspecified atom stereocenters. The van der Waals surface area contributed by atoms with Gasteiger partial charge in [0.25, 0.3) is 0 Å². The van der Waals surface area contributed by atoms with E-state index in [4.69, 9.17) is 24.4 Å². The fourth-order valence-electron chi connectivity index (χ4n) is 1.39. The third kappa shape index (κ3) is 2.42. The molecular formula is C10H10N2OS4. The summed E-state index contributed by atoms with van der Waals surface area (Å²) in [5.74, 6) is 0.209. The summed E-state index contributed by atoms with van der Waals surface area (Å²) in [6.45, 7) is 6.47. The van der Waals surface area contributed by atoms with Gasteiger partial charge in [0.2, 0.25) is 5.88 Å². The third-order valence-corrected chi connectivity index (χ3v) is 4.83. The zero-order chi connectivity index (χ0) is 12.6. The standard InChI is InChI=1S/C10H10N2OS4/c1-3-12-8(13)7(17-10(12)15)4-6-5(2)11-9(14)16-6/h4,13H,2-3H2,1H3,(H,11,14). The van der Waals surface area contributed by atoms with E-state index < -0.39 is 0 Å². The minimum atomic E-state index is 0.209. The van der Waals surface area contributed by atoms with Crippen LogP contribution in [0.1, 0.15) is 11.8 Å².